The van der Waals surface area contributed by atoms with Crippen molar-refractivity contribution in [3.05, 3.63) is 60.8 Å². The van der Waals surface area contributed by atoms with Gasteiger partial charge in [-0.15, -0.1) is 0 Å². The largest absolute Gasteiger partial charge is 0.394 e. The maximum absolute atomic E-state index is 12.9. The number of allylic oxidation sites excluding steroid dienone is 9. The maximum Gasteiger partial charge on any atom is 0.220 e. The van der Waals surface area contributed by atoms with Gasteiger partial charge in [0, 0.05) is 6.42 Å². The second kappa shape index (κ2) is 33.5. The molecule has 0 saturated carbocycles. The standard InChI is InChI=1S/C43H75NO8/c1-3-5-7-9-11-13-15-17-18-19-20-21-23-25-27-29-31-33-39(47)44-36(35-51-43-42(50)41(49)40(48)38(34-45)52-43)37(46)32-30-28-26-24-22-16-14-12-10-8-6-4-2/h10-13,17-18,22,24,30,32,36-38,40-43,45-46,48-50H,3-9,14-16,19-21,23,25-29,31,33-35H2,1-2H3,(H,44,47)/b12-10+,13-11-,18-17-,24-22+,32-30+. The summed E-state index contributed by atoms with van der Waals surface area (Å²) < 4.78 is 11.1. The van der Waals surface area contributed by atoms with Crippen LogP contribution in [0.4, 0.5) is 0 Å². The molecule has 1 saturated heterocycles. The van der Waals surface area contributed by atoms with Gasteiger partial charge in [-0.3, -0.25) is 4.79 Å². The molecule has 1 fully saturated rings. The third-order valence-corrected chi connectivity index (χ3v) is 9.29. The molecule has 9 nitrogen and oxygen atoms in total. The van der Waals surface area contributed by atoms with Crippen LogP contribution < -0.4 is 5.32 Å². The van der Waals surface area contributed by atoms with Gasteiger partial charge in [0.05, 0.1) is 25.4 Å². The maximum atomic E-state index is 12.9. The van der Waals surface area contributed by atoms with E-state index in [0.717, 1.165) is 70.6 Å². The summed E-state index contributed by atoms with van der Waals surface area (Å²) in [4.78, 5) is 12.9. The lowest BCUT2D eigenvalue weighted by Crippen LogP contribution is -2.60. The topological polar surface area (TPSA) is 149 Å². The van der Waals surface area contributed by atoms with E-state index >= 15 is 0 Å². The average molecular weight is 734 g/mol. The van der Waals surface area contributed by atoms with Crippen molar-refractivity contribution < 1.29 is 39.8 Å². The molecule has 6 N–H and O–H groups in total. The van der Waals surface area contributed by atoms with Gasteiger partial charge in [0.1, 0.15) is 24.4 Å². The van der Waals surface area contributed by atoms with Crippen LogP contribution in [-0.2, 0) is 14.3 Å². The second-order valence-electron chi connectivity index (χ2n) is 14.1. The van der Waals surface area contributed by atoms with Gasteiger partial charge in [0.25, 0.3) is 0 Å². The number of rotatable bonds is 32. The molecule has 1 aliphatic heterocycles. The summed E-state index contributed by atoms with van der Waals surface area (Å²) in [6.45, 7) is 3.64. The molecule has 300 valence electrons. The van der Waals surface area contributed by atoms with E-state index in [2.05, 4.69) is 67.8 Å². The molecule has 1 heterocycles. The number of aliphatic hydroxyl groups excluding tert-OH is 5. The van der Waals surface area contributed by atoms with Gasteiger partial charge < -0.3 is 40.3 Å². The van der Waals surface area contributed by atoms with Crippen LogP contribution in [-0.4, -0.2) is 87.5 Å². The van der Waals surface area contributed by atoms with Crippen LogP contribution >= 0.6 is 0 Å². The molecule has 1 rings (SSSR count). The number of hydrogen-bond donors (Lipinski definition) is 6. The molecule has 0 aromatic carbocycles. The first-order valence-electron chi connectivity index (χ1n) is 20.5. The highest BCUT2D eigenvalue weighted by atomic mass is 16.7. The predicted octanol–water partition coefficient (Wildman–Crippen LogP) is 7.66. The van der Waals surface area contributed by atoms with Crippen LogP contribution in [0.25, 0.3) is 0 Å². The molecule has 0 aliphatic carbocycles. The van der Waals surface area contributed by atoms with Gasteiger partial charge in [-0.25, -0.2) is 0 Å². The molecular formula is C43H75NO8. The van der Waals surface area contributed by atoms with E-state index < -0.39 is 49.5 Å². The highest BCUT2D eigenvalue weighted by molar-refractivity contribution is 5.76. The van der Waals surface area contributed by atoms with Gasteiger partial charge in [-0.2, -0.15) is 0 Å². The lowest BCUT2D eigenvalue weighted by molar-refractivity contribution is -0.302. The predicted molar refractivity (Wildman–Crippen MR) is 212 cm³/mol. The fourth-order valence-electron chi connectivity index (χ4n) is 5.91. The summed E-state index contributed by atoms with van der Waals surface area (Å²) in [7, 11) is 0. The lowest BCUT2D eigenvalue weighted by atomic mass is 9.99. The van der Waals surface area contributed by atoms with Gasteiger partial charge >= 0.3 is 0 Å². The summed E-state index contributed by atoms with van der Waals surface area (Å²) in [5.74, 6) is -0.205. The summed E-state index contributed by atoms with van der Waals surface area (Å²) in [6.07, 6.45) is 35.4. The van der Waals surface area contributed by atoms with Crippen LogP contribution in [0.15, 0.2) is 60.8 Å². The first kappa shape index (κ1) is 47.9. The van der Waals surface area contributed by atoms with Crippen molar-refractivity contribution in [1.29, 1.82) is 0 Å². The third kappa shape index (κ3) is 24.3. The van der Waals surface area contributed by atoms with Crippen LogP contribution in [0.2, 0.25) is 0 Å². The fraction of sp³-hybridized carbons (Fsp3) is 0.744. The first-order valence-corrected chi connectivity index (χ1v) is 20.5. The zero-order chi connectivity index (χ0) is 38.1. The Morgan fingerprint density at radius 2 is 1.17 bits per heavy atom. The normalized spacial score (nSPS) is 22.5. The van der Waals surface area contributed by atoms with Crippen molar-refractivity contribution in [3.63, 3.8) is 0 Å². The van der Waals surface area contributed by atoms with Crippen LogP contribution in [0.5, 0.6) is 0 Å². The summed E-state index contributed by atoms with van der Waals surface area (Å²) >= 11 is 0. The van der Waals surface area contributed by atoms with Crippen molar-refractivity contribution in [3.8, 4) is 0 Å². The molecule has 9 heteroatoms. The first-order chi connectivity index (χ1) is 25.3. The van der Waals surface area contributed by atoms with Gasteiger partial charge in [-0.05, 0) is 70.6 Å². The minimum Gasteiger partial charge on any atom is -0.394 e. The molecule has 1 amide bonds. The minimum absolute atomic E-state index is 0.205. The Labute approximate surface area is 316 Å². The lowest BCUT2D eigenvalue weighted by Gasteiger charge is -2.40. The number of nitrogens with one attached hydrogen (secondary N) is 1. The van der Waals surface area contributed by atoms with Crippen molar-refractivity contribution in [2.75, 3.05) is 13.2 Å². The van der Waals surface area contributed by atoms with Crippen molar-refractivity contribution in [1.82, 2.24) is 5.32 Å². The molecule has 0 bridgehead atoms. The van der Waals surface area contributed by atoms with E-state index in [1.165, 1.54) is 57.8 Å². The Kier molecular flexibility index (Phi) is 30.8. The highest BCUT2D eigenvalue weighted by Gasteiger charge is 2.44. The number of carbonyl (C=O) groups excluding carboxylic acids is 1. The van der Waals surface area contributed by atoms with Crippen molar-refractivity contribution in [2.24, 2.45) is 0 Å². The average Bonchev–Trinajstić information content (AvgIpc) is 3.14. The van der Waals surface area contributed by atoms with E-state index in [9.17, 15) is 30.3 Å². The molecule has 52 heavy (non-hydrogen) atoms. The number of hydrogen-bond acceptors (Lipinski definition) is 8. The Morgan fingerprint density at radius 1 is 0.654 bits per heavy atom. The Morgan fingerprint density at radius 3 is 1.79 bits per heavy atom. The molecular weight excluding hydrogens is 658 g/mol. The molecule has 0 aromatic heterocycles. The second-order valence-corrected chi connectivity index (χ2v) is 14.1. The smallest absolute Gasteiger partial charge is 0.220 e. The van der Waals surface area contributed by atoms with E-state index in [4.69, 9.17) is 9.47 Å². The molecule has 1 aliphatic rings. The minimum atomic E-state index is -1.58. The number of unbranched alkanes of at least 4 members (excludes halogenated alkanes) is 14. The van der Waals surface area contributed by atoms with Crippen molar-refractivity contribution in [2.45, 2.75) is 192 Å². The summed E-state index contributed by atoms with van der Waals surface area (Å²) in [5, 5.41) is 53.9. The molecule has 0 radical (unpaired) electrons. The fourth-order valence-corrected chi connectivity index (χ4v) is 5.91. The van der Waals surface area contributed by atoms with Gasteiger partial charge in [0.15, 0.2) is 6.29 Å². The Hall–Kier alpha value is -2.11. The van der Waals surface area contributed by atoms with E-state index in [1.54, 1.807) is 6.08 Å². The van der Waals surface area contributed by atoms with Gasteiger partial charge in [0.2, 0.25) is 5.91 Å². The van der Waals surface area contributed by atoms with Crippen LogP contribution in [0, 0.1) is 0 Å². The zero-order valence-corrected chi connectivity index (χ0v) is 32.5. The molecule has 7 unspecified atom stereocenters. The van der Waals surface area contributed by atoms with Gasteiger partial charge in [-0.1, -0.05) is 132 Å². The number of aliphatic hydroxyl groups is 5. The summed E-state index contributed by atoms with van der Waals surface area (Å²) in [5.41, 5.74) is 0. The monoisotopic (exact) mass is 734 g/mol. The number of ether oxygens (including phenoxy) is 2. The van der Waals surface area contributed by atoms with E-state index in [-0.39, 0.29) is 12.5 Å². The van der Waals surface area contributed by atoms with Crippen LogP contribution in [0.1, 0.15) is 149 Å². The van der Waals surface area contributed by atoms with E-state index in [0.29, 0.717) is 6.42 Å². The van der Waals surface area contributed by atoms with Crippen molar-refractivity contribution >= 4 is 5.91 Å². The van der Waals surface area contributed by atoms with Crippen LogP contribution in [0.3, 0.4) is 0 Å². The molecule has 0 spiro atoms. The number of amides is 1. The third-order valence-electron chi connectivity index (χ3n) is 9.29. The molecule has 0 aromatic rings. The number of carbonyl (C=O) groups is 1. The SMILES string of the molecule is CCCC/C=C/CC/C=C/CC/C=C/C(O)C(COC1OC(CO)C(O)C(O)C1O)NC(=O)CCCCCCCCC/C=C\C/C=C\CCCCC. The zero-order valence-electron chi connectivity index (χ0n) is 32.5. The highest BCUT2D eigenvalue weighted by Crippen LogP contribution is 2.22. The Bertz CT molecular complexity index is 994. The summed E-state index contributed by atoms with van der Waals surface area (Å²) in [6, 6.07) is -0.831. The molecule has 7 atom stereocenters. The Balaban J connectivity index is 2.44. The van der Waals surface area contributed by atoms with E-state index in [1.807, 2.05) is 6.08 Å². The quantitative estimate of drug-likeness (QED) is 0.0305.